The molecule has 2 aliphatic heterocycles. The molecule has 47 heavy (non-hydrogen) atoms. The zero-order chi connectivity index (χ0) is 33.9. The number of carbonyl (C=O) groups excluding carboxylic acids is 4. The molecule has 2 aromatic carbocycles. The Morgan fingerprint density at radius 3 is 2.57 bits per heavy atom. The number of nitrogens with one attached hydrogen (secondary N) is 1. The highest BCUT2D eigenvalue weighted by Crippen LogP contribution is 2.41. The van der Waals surface area contributed by atoms with Crippen molar-refractivity contribution in [1.29, 1.82) is 0 Å². The summed E-state index contributed by atoms with van der Waals surface area (Å²) >= 11 is 0. The summed E-state index contributed by atoms with van der Waals surface area (Å²) in [6, 6.07) is 12.6. The van der Waals surface area contributed by atoms with Crippen LogP contribution >= 0.6 is 0 Å². The van der Waals surface area contributed by atoms with Crippen molar-refractivity contribution in [3.63, 3.8) is 0 Å². The van der Waals surface area contributed by atoms with Gasteiger partial charge >= 0.3 is 12.1 Å². The zero-order valence-electron chi connectivity index (χ0n) is 27.0. The molecule has 0 aliphatic carbocycles. The van der Waals surface area contributed by atoms with Crippen LogP contribution in [0.15, 0.2) is 52.9 Å². The van der Waals surface area contributed by atoms with Crippen molar-refractivity contribution in [2.45, 2.75) is 64.3 Å². The smallest absolute Gasteiger partial charge is 0.417 e. The van der Waals surface area contributed by atoms with Gasteiger partial charge in [0, 0.05) is 30.3 Å². The lowest BCUT2D eigenvalue weighted by Crippen LogP contribution is -2.51. The maximum Gasteiger partial charge on any atom is 0.417 e. The first kappa shape index (κ1) is 33.3. The van der Waals surface area contributed by atoms with E-state index in [2.05, 4.69) is 10.1 Å². The predicted molar refractivity (Wildman–Crippen MR) is 171 cm³/mol. The van der Waals surface area contributed by atoms with E-state index in [-0.39, 0.29) is 53.4 Å². The first-order chi connectivity index (χ1) is 22.4. The number of fused-ring (bicyclic) bond motifs is 2. The first-order valence-electron chi connectivity index (χ1n) is 15.3. The van der Waals surface area contributed by atoms with Crippen molar-refractivity contribution in [3.8, 4) is 22.8 Å². The topological polar surface area (TPSA) is 157 Å². The zero-order valence-corrected chi connectivity index (χ0v) is 27.0. The van der Waals surface area contributed by atoms with E-state index >= 15 is 0 Å². The Labute approximate surface area is 272 Å². The fourth-order valence-electron chi connectivity index (χ4n) is 5.63. The first-order valence-corrected chi connectivity index (χ1v) is 15.3. The molecule has 250 valence electrons. The highest BCUT2D eigenvalue weighted by atomic mass is 16.6. The van der Waals surface area contributed by atoms with E-state index in [0.29, 0.717) is 42.8 Å². The van der Waals surface area contributed by atoms with Gasteiger partial charge in [0.1, 0.15) is 11.4 Å². The number of methoxy groups -OCH3 is 2. The molecule has 1 aromatic heterocycles. The van der Waals surface area contributed by atoms with Gasteiger partial charge in [0.25, 0.3) is 5.91 Å². The lowest BCUT2D eigenvalue weighted by atomic mass is 10.1. The molecule has 1 saturated heterocycles. The average molecular weight is 650 g/mol. The molecule has 2 unspecified atom stereocenters. The number of nitrogens with zero attached hydrogens (tertiary/aromatic N) is 2. The van der Waals surface area contributed by atoms with Gasteiger partial charge in [-0.15, -0.1) is 0 Å². The van der Waals surface area contributed by atoms with Crippen molar-refractivity contribution in [1.82, 2.24) is 4.90 Å². The number of ether oxygens (including phenoxy) is 4. The number of aliphatic hydroxyl groups is 1. The Kier molecular flexibility index (Phi) is 9.75. The normalized spacial score (nSPS) is 17.4. The number of carbonyl (C=O) groups is 4. The van der Waals surface area contributed by atoms with E-state index in [1.54, 1.807) is 56.0 Å². The molecular formula is C34H39N3O10. The predicted octanol–water partition coefficient (Wildman–Crippen LogP) is 5.22. The van der Waals surface area contributed by atoms with Crippen LogP contribution in [0.3, 0.4) is 0 Å². The molecule has 2 aliphatic rings. The standard InChI is InChI=1S/C34H39N3O10/c1-34(2,3)47-33(42)37-24-19-28(27(43-4)18-22(24)30(39)36-15-7-11-23(36)31(37)40)45-16-8-12-29(38)35-21-10-6-9-20(17-21)25-13-14-26(46-25)32(41)44-5/h6,9-10,13-14,17-19,23,31,40H,7-8,11-12,15-16H2,1-5H3,(H,35,38). The highest BCUT2D eigenvalue weighted by molar-refractivity contribution is 6.06. The summed E-state index contributed by atoms with van der Waals surface area (Å²) < 4.78 is 27.4. The van der Waals surface area contributed by atoms with Crippen molar-refractivity contribution >= 4 is 35.3 Å². The van der Waals surface area contributed by atoms with Crippen LogP contribution < -0.4 is 19.7 Å². The van der Waals surface area contributed by atoms with E-state index in [1.165, 1.54) is 32.4 Å². The molecule has 13 nitrogen and oxygen atoms in total. The summed E-state index contributed by atoms with van der Waals surface area (Å²) in [5, 5.41) is 14.2. The molecule has 0 radical (unpaired) electrons. The molecule has 0 saturated carbocycles. The molecular weight excluding hydrogens is 610 g/mol. The van der Waals surface area contributed by atoms with Crippen LogP contribution in [-0.4, -0.2) is 79.1 Å². The number of rotatable bonds is 9. The van der Waals surface area contributed by atoms with Gasteiger partial charge in [-0.05, 0) is 70.4 Å². The van der Waals surface area contributed by atoms with Gasteiger partial charge in [-0.3, -0.25) is 9.59 Å². The summed E-state index contributed by atoms with van der Waals surface area (Å²) in [6.45, 7) is 5.73. The summed E-state index contributed by atoms with van der Waals surface area (Å²) in [7, 11) is 2.71. The number of aliphatic hydroxyl groups excluding tert-OH is 1. The molecule has 0 bridgehead atoms. The van der Waals surface area contributed by atoms with Crippen LogP contribution in [0.2, 0.25) is 0 Å². The second kappa shape index (κ2) is 13.8. The minimum atomic E-state index is -1.33. The van der Waals surface area contributed by atoms with Crippen molar-refractivity contribution in [2.24, 2.45) is 0 Å². The molecule has 2 atom stereocenters. The van der Waals surface area contributed by atoms with Crippen molar-refractivity contribution < 1.29 is 47.6 Å². The van der Waals surface area contributed by atoms with Gasteiger partial charge in [-0.1, -0.05) is 12.1 Å². The van der Waals surface area contributed by atoms with E-state index < -0.39 is 29.9 Å². The van der Waals surface area contributed by atoms with Gasteiger partial charge in [-0.25, -0.2) is 14.5 Å². The third-order valence-corrected chi connectivity index (χ3v) is 7.76. The molecule has 2 N–H and O–H groups in total. The van der Waals surface area contributed by atoms with Crippen molar-refractivity contribution in [2.75, 3.05) is 37.6 Å². The van der Waals surface area contributed by atoms with Crippen LogP contribution in [0.4, 0.5) is 16.2 Å². The Morgan fingerprint density at radius 2 is 1.85 bits per heavy atom. The SMILES string of the molecule is COC(=O)c1ccc(-c2cccc(NC(=O)CCCOc3cc4c(cc3OC)C(=O)N3CCCC3C(O)N4C(=O)OC(C)(C)C)c2)o1. The largest absolute Gasteiger partial charge is 0.493 e. The third-order valence-electron chi connectivity index (χ3n) is 7.76. The molecule has 13 heteroatoms. The molecule has 3 amide bonds. The van der Waals surface area contributed by atoms with Gasteiger partial charge in [0.05, 0.1) is 38.1 Å². The van der Waals surface area contributed by atoms with Gasteiger partial charge < -0.3 is 38.7 Å². The van der Waals surface area contributed by atoms with E-state index in [4.69, 9.17) is 18.6 Å². The Balaban J connectivity index is 1.27. The molecule has 3 heterocycles. The second-order valence-corrected chi connectivity index (χ2v) is 12.2. The summed E-state index contributed by atoms with van der Waals surface area (Å²) in [4.78, 5) is 54.2. The lowest BCUT2D eigenvalue weighted by Gasteiger charge is -2.33. The highest BCUT2D eigenvalue weighted by Gasteiger charge is 2.45. The minimum Gasteiger partial charge on any atom is -0.493 e. The fourth-order valence-corrected chi connectivity index (χ4v) is 5.63. The molecule has 0 spiro atoms. The Bertz CT molecular complexity index is 1660. The summed E-state index contributed by atoms with van der Waals surface area (Å²) in [5.41, 5.74) is 0.697. The number of furan rings is 1. The van der Waals surface area contributed by atoms with Gasteiger partial charge in [0.2, 0.25) is 11.7 Å². The Morgan fingerprint density at radius 1 is 1.06 bits per heavy atom. The number of benzene rings is 2. The van der Waals surface area contributed by atoms with Crippen LogP contribution in [0, 0.1) is 0 Å². The quantitative estimate of drug-likeness (QED) is 0.233. The monoisotopic (exact) mass is 649 g/mol. The summed E-state index contributed by atoms with van der Waals surface area (Å²) in [6.07, 6.45) is -0.428. The number of anilines is 2. The van der Waals surface area contributed by atoms with Crippen molar-refractivity contribution in [3.05, 3.63) is 59.9 Å². The van der Waals surface area contributed by atoms with Crippen LogP contribution in [0.25, 0.3) is 11.3 Å². The van der Waals surface area contributed by atoms with Crippen LogP contribution in [0.1, 0.15) is 67.4 Å². The average Bonchev–Trinajstić information content (AvgIpc) is 3.71. The van der Waals surface area contributed by atoms with Crippen LogP contribution in [0.5, 0.6) is 11.5 Å². The van der Waals surface area contributed by atoms with Gasteiger partial charge in [0.15, 0.2) is 17.7 Å². The van der Waals surface area contributed by atoms with Gasteiger partial charge in [-0.2, -0.15) is 0 Å². The molecule has 1 fully saturated rings. The third kappa shape index (κ3) is 7.35. The maximum atomic E-state index is 13.6. The lowest BCUT2D eigenvalue weighted by molar-refractivity contribution is -0.116. The maximum absolute atomic E-state index is 13.6. The number of esters is 1. The van der Waals surface area contributed by atoms with E-state index in [9.17, 15) is 24.3 Å². The molecule has 5 rings (SSSR count). The van der Waals surface area contributed by atoms with E-state index in [0.717, 1.165) is 4.90 Å². The number of hydrogen-bond donors (Lipinski definition) is 2. The minimum absolute atomic E-state index is 0.0729. The molecule has 3 aromatic rings. The number of hydrogen-bond acceptors (Lipinski definition) is 10. The van der Waals surface area contributed by atoms with Crippen LogP contribution in [-0.2, 0) is 14.3 Å². The Hall–Kier alpha value is -5.04. The fraction of sp³-hybridized carbons (Fsp3) is 0.412. The second-order valence-electron chi connectivity index (χ2n) is 12.2. The van der Waals surface area contributed by atoms with E-state index in [1.807, 2.05) is 0 Å². The summed E-state index contributed by atoms with van der Waals surface area (Å²) in [5.74, 6) is -0.136. The number of amides is 3.